The lowest BCUT2D eigenvalue weighted by molar-refractivity contribution is 0.0944. The summed E-state index contributed by atoms with van der Waals surface area (Å²) in [6, 6.07) is 1.68. The molecule has 0 bridgehead atoms. The van der Waals surface area contributed by atoms with E-state index in [0.717, 1.165) is 23.5 Å². The van der Waals surface area contributed by atoms with Gasteiger partial charge in [0.1, 0.15) is 4.83 Å². The van der Waals surface area contributed by atoms with Crippen molar-refractivity contribution < 1.29 is 14.3 Å². The molecule has 4 aromatic rings. The number of ether oxygens (including phenoxy) is 1. The van der Waals surface area contributed by atoms with Crippen LogP contribution in [0.1, 0.15) is 52.1 Å². The molecule has 2 amide bonds. The Morgan fingerprint density at radius 2 is 2.03 bits per heavy atom. The summed E-state index contributed by atoms with van der Waals surface area (Å²) in [5.41, 5.74) is 3.20. The number of carbonyl (C=O) groups is 2. The van der Waals surface area contributed by atoms with Gasteiger partial charge in [0.05, 0.1) is 46.3 Å². The highest BCUT2D eigenvalue weighted by Gasteiger charge is 2.50. The monoisotopic (exact) mass is 534 g/mol. The minimum absolute atomic E-state index is 0.196. The second-order valence-corrected chi connectivity index (χ2v) is 11.0. The van der Waals surface area contributed by atoms with Crippen LogP contribution in [0, 0.1) is 6.92 Å². The zero-order valence-electron chi connectivity index (χ0n) is 21.7. The molecular weight excluding hydrogens is 504 g/mol. The van der Waals surface area contributed by atoms with Gasteiger partial charge in [-0.1, -0.05) is 0 Å². The van der Waals surface area contributed by atoms with E-state index in [1.165, 1.54) is 43.2 Å². The van der Waals surface area contributed by atoms with Crippen molar-refractivity contribution in [3.05, 3.63) is 47.7 Å². The standard InChI is InChI=1S/C26H30N8O3S/c1-16-20(11-17(12-28-16)22(35)27-8-10-33-9-4-5-26(33)6-7-26)30-23(36)18-13-29-34-15-21(38-25(18)34)19-14-32(2)31-24(19)37-3/h11-15H,4-10H2,1-3H3,(H,27,35)(H,30,36). The Bertz CT molecular complexity index is 1530. The molecule has 2 aliphatic rings. The van der Waals surface area contributed by atoms with E-state index in [2.05, 4.69) is 30.7 Å². The average molecular weight is 535 g/mol. The lowest BCUT2D eigenvalue weighted by Crippen LogP contribution is -2.38. The number of hydrogen-bond acceptors (Lipinski definition) is 8. The van der Waals surface area contributed by atoms with Crippen LogP contribution in [0.5, 0.6) is 5.88 Å². The fraction of sp³-hybridized carbons (Fsp3) is 0.423. The first kappa shape index (κ1) is 24.6. The molecule has 1 spiro atoms. The first-order chi connectivity index (χ1) is 18.4. The number of methoxy groups -OCH3 is 1. The highest BCUT2D eigenvalue weighted by molar-refractivity contribution is 7.21. The van der Waals surface area contributed by atoms with Crippen LogP contribution in [0.15, 0.2) is 30.9 Å². The van der Waals surface area contributed by atoms with Crippen molar-refractivity contribution in [2.45, 2.75) is 38.1 Å². The number of rotatable bonds is 8. The summed E-state index contributed by atoms with van der Waals surface area (Å²) in [6.45, 7) is 4.36. The summed E-state index contributed by atoms with van der Waals surface area (Å²) in [5, 5.41) is 14.6. The Morgan fingerprint density at radius 3 is 2.82 bits per heavy atom. The van der Waals surface area contributed by atoms with Crippen molar-refractivity contribution >= 4 is 33.7 Å². The van der Waals surface area contributed by atoms with E-state index in [1.54, 1.807) is 35.5 Å². The van der Waals surface area contributed by atoms with E-state index < -0.39 is 0 Å². The maximum absolute atomic E-state index is 13.2. The van der Waals surface area contributed by atoms with Gasteiger partial charge in [-0.15, -0.1) is 16.4 Å². The second kappa shape index (κ2) is 9.52. The number of pyridine rings is 1. The molecular formula is C26H30N8O3S. The van der Waals surface area contributed by atoms with Crippen LogP contribution < -0.4 is 15.4 Å². The van der Waals surface area contributed by atoms with Crippen molar-refractivity contribution in [3.8, 4) is 16.3 Å². The summed E-state index contributed by atoms with van der Waals surface area (Å²) in [6.07, 6.45) is 11.9. The zero-order chi connectivity index (χ0) is 26.4. The van der Waals surface area contributed by atoms with E-state index in [4.69, 9.17) is 4.74 Å². The Morgan fingerprint density at radius 1 is 1.18 bits per heavy atom. The quantitative estimate of drug-likeness (QED) is 0.357. The minimum atomic E-state index is -0.322. The maximum Gasteiger partial charge on any atom is 0.260 e. The fourth-order valence-corrected chi connectivity index (χ4v) is 6.35. The molecule has 0 radical (unpaired) electrons. The number of nitrogens with one attached hydrogen (secondary N) is 2. The Labute approximate surface area is 223 Å². The topological polar surface area (TPSA) is 119 Å². The third-order valence-corrected chi connectivity index (χ3v) is 8.67. The van der Waals surface area contributed by atoms with E-state index in [0.29, 0.717) is 45.3 Å². The molecule has 0 aromatic carbocycles. The predicted molar refractivity (Wildman–Crippen MR) is 144 cm³/mol. The summed E-state index contributed by atoms with van der Waals surface area (Å²) in [7, 11) is 3.40. The van der Waals surface area contributed by atoms with Crippen LogP contribution in [0.4, 0.5) is 5.69 Å². The SMILES string of the molecule is COc1nn(C)cc1-c1cn2ncc(C(=O)Nc3cc(C(=O)NCCN4CCCC45CC5)cnc3C)c2s1. The molecule has 0 atom stereocenters. The van der Waals surface area contributed by atoms with E-state index in [9.17, 15) is 9.59 Å². The normalized spacial score (nSPS) is 16.3. The molecule has 2 N–H and O–H groups in total. The number of amides is 2. The van der Waals surface area contributed by atoms with Gasteiger partial charge in [-0.25, -0.2) is 4.52 Å². The predicted octanol–water partition coefficient (Wildman–Crippen LogP) is 3.12. The fourth-order valence-electron chi connectivity index (χ4n) is 5.29. The second-order valence-electron chi connectivity index (χ2n) is 10.0. The lowest BCUT2D eigenvalue weighted by Gasteiger charge is -2.23. The molecule has 5 heterocycles. The molecule has 38 heavy (non-hydrogen) atoms. The van der Waals surface area contributed by atoms with Crippen LogP contribution in [0.2, 0.25) is 0 Å². The molecule has 1 aliphatic heterocycles. The lowest BCUT2D eigenvalue weighted by atomic mass is 10.2. The Hall–Kier alpha value is -3.77. The number of fused-ring (bicyclic) bond motifs is 1. The van der Waals surface area contributed by atoms with Crippen LogP contribution >= 0.6 is 11.3 Å². The number of thiazole rings is 1. The maximum atomic E-state index is 13.2. The van der Waals surface area contributed by atoms with E-state index in [-0.39, 0.29) is 11.8 Å². The Kier molecular flexibility index (Phi) is 6.15. The molecule has 11 nitrogen and oxygen atoms in total. The van der Waals surface area contributed by atoms with Crippen LogP contribution in [-0.2, 0) is 7.05 Å². The molecule has 198 valence electrons. The number of hydrogen-bond donors (Lipinski definition) is 2. The summed E-state index contributed by atoms with van der Waals surface area (Å²) < 4.78 is 8.73. The smallest absolute Gasteiger partial charge is 0.260 e. The molecule has 1 aliphatic carbocycles. The summed E-state index contributed by atoms with van der Waals surface area (Å²) in [4.78, 5) is 34.5. The average Bonchev–Trinajstić information content (AvgIpc) is 3.21. The summed E-state index contributed by atoms with van der Waals surface area (Å²) >= 11 is 1.42. The van der Waals surface area contributed by atoms with Gasteiger partial charge in [0.15, 0.2) is 0 Å². The molecule has 4 aromatic heterocycles. The van der Waals surface area contributed by atoms with Gasteiger partial charge in [-0.05, 0) is 45.2 Å². The highest BCUT2D eigenvalue weighted by atomic mass is 32.1. The third-order valence-electron chi connectivity index (χ3n) is 7.53. The molecule has 1 saturated carbocycles. The molecule has 2 fully saturated rings. The number of aromatic nitrogens is 5. The van der Waals surface area contributed by atoms with Crippen molar-refractivity contribution in [2.75, 3.05) is 32.1 Å². The molecule has 0 unspecified atom stereocenters. The number of anilines is 1. The van der Waals surface area contributed by atoms with Crippen molar-refractivity contribution in [2.24, 2.45) is 7.05 Å². The van der Waals surface area contributed by atoms with Crippen molar-refractivity contribution in [1.29, 1.82) is 0 Å². The first-order valence-corrected chi connectivity index (χ1v) is 13.5. The molecule has 6 rings (SSSR count). The largest absolute Gasteiger partial charge is 0.479 e. The third kappa shape index (κ3) is 4.43. The minimum Gasteiger partial charge on any atom is -0.479 e. The van der Waals surface area contributed by atoms with Gasteiger partial charge >= 0.3 is 0 Å². The van der Waals surface area contributed by atoms with Crippen LogP contribution in [-0.4, -0.2) is 73.4 Å². The van der Waals surface area contributed by atoms with E-state index in [1.807, 2.05) is 19.4 Å². The van der Waals surface area contributed by atoms with Gasteiger partial charge in [-0.3, -0.25) is 24.2 Å². The van der Waals surface area contributed by atoms with Gasteiger partial charge < -0.3 is 15.4 Å². The van der Waals surface area contributed by atoms with Gasteiger partial charge in [0.2, 0.25) is 5.88 Å². The summed E-state index contributed by atoms with van der Waals surface area (Å²) in [5.74, 6) is -0.0108. The number of aryl methyl sites for hydroxylation is 2. The number of likely N-dealkylation sites (tertiary alicyclic amines) is 1. The number of carbonyl (C=O) groups excluding carboxylic acids is 2. The van der Waals surface area contributed by atoms with Crippen molar-refractivity contribution in [3.63, 3.8) is 0 Å². The zero-order valence-corrected chi connectivity index (χ0v) is 22.5. The molecule has 1 saturated heterocycles. The number of nitrogens with zero attached hydrogens (tertiary/aromatic N) is 6. The van der Waals surface area contributed by atoms with Gasteiger partial charge in [-0.2, -0.15) is 5.10 Å². The van der Waals surface area contributed by atoms with Crippen LogP contribution in [0.3, 0.4) is 0 Å². The van der Waals surface area contributed by atoms with Gasteiger partial charge in [0.25, 0.3) is 11.8 Å². The first-order valence-electron chi connectivity index (χ1n) is 12.7. The van der Waals surface area contributed by atoms with Crippen molar-refractivity contribution in [1.82, 2.24) is 34.6 Å². The Balaban J connectivity index is 1.15. The highest BCUT2D eigenvalue weighted by Crippen LogP contribution is 2.49. The molecule has 12 heteroatoms. The van der Waals surface area contributed by atoms with Gasteiger partial charge in [0, 0.05) is 44.3 Å². The van der Waals surface area contributed by atoms with Crippen LogP contribution in [0.25, 0.3) is 15.3 Å². The van der Waals surface area contributed by atoms with E-state index >= 15 is 0 Å².